The molecule has 1 saturated carbocycles. The first kappa shape index (κ1) is 12.3. The molecule has 1 aliphatic rings. The predicted octanol–water partition coefficient (Wildman–Crippen LogP) is 3.28. The fraction of sp³-hybridized carbons (Fsp3) is 0.333. The van der Waals surface area contributed by atoms with Gasteiger partial charge >= 0.3 is 0 Å². The van der Waals surface area contributed by atoms with Crippen molar-refractivity contribution in [1.82, 2.24) is 14.5 Å². The van der Waals surface area contributed by atoms with Gasteiger partial charge in [-0.05, 0) is 44.7 Å². The van der Waals surface area contributed by atoms with E-state index < -0.39 is 0 Å². The van der Waals surface area contributed by atoms with E-state index >= 15 is 0 Å². The minimum atomic E-state index is 0.461. The van der Waals surface area contributed by atoms with Gasteiger partial charge in [0.1, 0.15) is 16.7 Å². The number of nitrogens with zero attached hydrogens (tertiary/aromatic N) is 3. The van der Waals surface area contributed by atoms with E-state index in [0.717, 1.165) is 22.8 Å². The van der Waals surface area contributed by atoms with E-state index in [-0.39, 0.29) is 0 Å². The van der Waals surface area contributed by atoms with Crippen LogP contribution in [0.15, 0.2) is 18.3 Å². The third-order valence-electron chi connectivity index (χ3n) is 3.29. The van der Waals surface area contributed by atoms with Crippen LogP contribution in [0.3, 0.4) is 0 Å². The summed E-state index contributed by atoms with van der Waals surface area (Å²) in [6, 6.07) is 4.24. The van der Waals surface area contributed by atoms with Crippen molar-refractivity contribution in [2.24, 2.45) is 0 Å². The number of hydrogen-bond acceptors (Lipinski definition) is 2. The SMILES string of the molecule is Cc1nc(C#Cc2ccnc(Cl)c2)c(C)n1C1CC1. The highest BCUT2D eigenvalue weighted by atomic mass is 35.5. The normalized spacial score (nSPS) is 14.1. The van der Waals surface area contributed by atoms with Crippen molar-refractivity contribution < 1.29 is 0 Å². The van der Waals surface area contributed by atoms with E-state index in [4.69, 9.17) is 11.6 Å². The Morgan fingerprint density at radius 1 is 1.32 bits per heavy atom. The zero-order valence-electron chi connectivity index (χ0n) is 10.9. The molecule has 2 heterocycles. The Kier molecular flexibility index (Phi) is 3.04. The third-order valence-corrected chi connectivity index (χ3v) is 3.50. The molecule has 0 N–H and O–H groups in total. The van der Waals surface area contributed by atoms with E-state index in [1.165, 1.54) is 12.8 Å². The Morgan fingerprint density at radius 2 is 2.11 bits per heavy atom. The number of pyridine rings is 1. The maximum Gasteiger partial charge on any atom is 0.134 e. The number of rotatable bonds is 1. The quantitative estimate of drug-likeness (QED) is 0.589. The predicted molar refractivity (Wildman–Crippen MR) is 75.2 cm³/mol. The first-order valence-electron chi connectivity index (χ1n) is 6.34. The van der Waals surface area contributed by atoms with Crippen LogP contribution in [0.4, 0.5) is 0 Å². The van der Waals surface area contributed by atoms with Gasteiger partial charge in [0, 0.05) is 17.8 Å². The lowest BCUT2D eigenvalue weighted by atomic mass is 10.2. The molecule has 0 spiro atoms. The molecule has 0 bridgehead atoms. The summed E-state index contributed by atoms with van der Waals surface area (Å²) in [5.74, 6) is 7.28. The van der Waals surface area contributed by atoms with Gasteiger partial charge in [0.05, 0.1) is 5.69 Å². The molecule has 0 amide bonds. The van der Waals surface area contributed by atoms with Crippen LogP contribution in [0.1, 0.15) is 41.7 Å². The molecule has 3 nitrogen and oxygen atoms in total. The van der Waals surface area contributed by atoms with Crippen LogP contribution < -0.4 is 0 Å². The van der Waals surface area contributed by atoms with Crippen LogP contribution in [-0.2, 0) is 0 Å². The van der Waals surface area contributed by atoms with Gasteiger partial charge in [-0.2, -0.15) is 0 Å². The molecule has 19 heavy (non-hydrogen) atoms. The molecule has 0 unspecified atom stereocenters. The lowest BCUT2D eigenvalue weighted by Crippen LogP contribution is -1.98. The highest BCUT2D eigenvalue weighted by molar-refractivity contribution is 6.29. The lowest BCUT2D eigenvalue weighted by Gasteiger charge is -2.03. The smallest absolute Gasteiger partial charge is 0.134 e. The number of imidazole rings is 1. The summed E-state index contributed by atoms with van der Waals surface area (Å²) in [5, 5.41) is 0.461. The number of halogens is 1. The Labute approximate surface area is 117 Å². The maximum absolute atomic E-state index is 5.84. The molecule has 0 aromatic carbocycles. The van der Waals surface area contributed by atoms with Gasteiger partial charge in [-0.3, -0.25) is 0 Å². The summed E-state index contributed by atoms with van der Waals surface area (Å²) >= 11 is 5.84. The van der Waals surface area contributed by atoms with Gasteiger partial charge in [0.2, 0.25) is 0 Å². The Hall–Kier alpha value is -1.79. The second kappa shape index (κ2) is 4.71. The molecule has 1 fully saturated rings. The molecule has 2 aromatic heterocycles. The van der Waals surface area contributed by atoms with Crippen molar-refractivity contribution >= 4 is 11.6 Å². The summed E-state index contributed by atoms with van der Waals surface area (Å²) in [5.41, 5.74) is 2.88. The molecule has 3 rings (SSSR count). The summed E-state index contributed by atoms with van der Waals surface area (Å²) in [7, 11) is 0. The van der Waals surface area contributed by atoms with Gasteiger partial charge in [0.15, 0.2) is 0 Å². The van der Waals surface area contributed by atoms with E-state index in [1.54, 1.807) is 12.3 Å². The van der Waals surface area contributed by atoms with Gasteiger partial charge < -0.3 is 4.57 Å². The largest absolute Gasteiger partial charge is 0.328 e. The van der Waals surface area contributed by atoms with Crippen LogP contribution in [0.2, 0.25) is 5.15 Å². The van der Waals surface area contributed by atoms with Gasteiger partial charge in [0.25, 0.3) is 0 Å². The van der Waals surface area contributed by atoms with Crippen LogP contribution in [0.25, 0.3) is 0 Å². The molecular weight excluding hydrogens is 258 g/mol. The molecule has 0 aliphatic heterocycles. The van der Waals surface area contributed by atoms with Crippen molar-refractivity contribution in [2.75, 3.05) is 0 Å². The van der Waals surface area contributed by atoms with Crippen molar-refractivity contribution in [3.8, 4) is 11.8 Å². The first-order chi connectivity index (χ1) is 9.15. The van der Waals surface area contributed by atoms with E-state index in [2.05, 4.69) is 33.3 Å². The van der Waals surface area contributed by atoms with Gasteiger partial charge in [-0.1, -0.05) is 17.5 Å². The lowest BCUT2D eigenvalue weighted by molar-refractivity contribution is 0.690. The molecule has 2 aromatic rings. The fourth-order valence-electron chi connectivity index (χ4n) is 2.25. The monoisotopic (exact) mass is 271 g/mol. The van der Waals surface area contributed by atoms with E-state index in [1.807, 2.05) is 13.0 Å². The number of aromatic nitrogens is 3. The Bertz CT molecular complexity index is 687. The summed E-state index contributed by atoms with van der Waals surface area (Å²) < 4.78 is 2.30. The van der Waals surface area contributed by atoms with Crippen molar-refractivity contribution in [1.29, 1.82) is 0 Å². The minimum Gasteiger partial charge on any atom is -0.328 e. The molecular formula is C15H14ClN3. The van der Waals surface area contributed by atoms with Crippen LogP contribution in [0.5, 0.6) is 0 Å². The molecule has 96 valence electrons. The summed E-state index contributed by atoms with van der Waals surface area (Å²) in [6.45, 7) is 4.13. The van der Waals surface area contributed by atoms with Gasteiger partial charge in [-0.25, -0.2) is 9.97 Å². The van der Waals surface area contributed by atoms with Crippen molar-refractivity contribution in [3.05, 3.63) is 46.3 Å². The molecule has 4 heteroatoms. The highest BCUT2D eigenvalue weighted by Gasteiger charge is 2.27. The molecule has 0 radical (unpaired) electrons. The molecule has 0 atom stereocenters. The second-order valence-electron chi connectivity index (χ2n) is 4.81. The van der Waals surface area contributed by atoms with E-state index in [0.29, 0.717) is 11.2 Å². The van der Waals surface area contributed by atoms with E-state index in [9.17, 15) is 0 Å². The Balaban J connectivity index is 1.94. The maximum atomic E-state index is 5.84. The summed E-state index contributed by atoms with van der Waals surface area (Å²) in [6.07, 6.45) is 4.17. The van der Waals surface area contributed by atoms with Crippen molar-refractivity contribution in [2.45, 2.75) is 32.7 Å². The van der Waals surface area contributed by atoms with Crippen LogP contribution >= 0.6 is 11.6 Å². The second-order valence-corrected chi connectivity index (χ2v) is 5.20. The first-order valence-corrected chi connectivity index (χ1v) is 6.72. The topological polar surface area (TPSA) is 30.7 Å². The standard InChI is InChI=1S/C15H14ClN3/c1-10-14(18-11(2)19(10)13-4-5-13)6-3-12-7-8-17-15(16)9-12/h7-9,13H,4-5H2,1-2H3. The summed E-state index contributed by atoms with van der Waals surface area (Å²) in [4.78, 5) is 8.49. The highest BCUT2D eigenvalue weighted by Crippen LogP contribution is 2.37. The Morgan fingerprint density at radius 3 is 2.79 bits per heavy atom. The number of aryl methyl sites for hydroxylation is 1. The number of hydrogen-bond donors (Lipinski definition) is 0. The van der Waals surface area contributed by atoms with Crippen LogP contribution in [-0.4, -0.2) is 14.5 Å². The van der Waals surface area contributed by atoms with Crippen molar-refractivity contribution in [3.63, 3.8) is 0 Å². The van der Waals surface area contributed by atoms with Gasteiger partial charge in [-0.15, -0.1) is 0 Å². The van der Waals surface area contributed by atoms with Crippen LogP contribution in [0, 0.1) is 25.7 Å². The average Bonchev–Trinajstić information content (AvgIpc) is 3.15. The zero-order chi connectivity index (χ0) is 13.4. The zero-order valence-corrected chi connectivity index (χ0v) is 11.7. The molecule has 1 aliphatic carbocycles. The fourth-order valence-corrected chi connectivity index (χ4v) is 2.43. The molecule has 0 saturated heterocycles. The third kappa shape index (κ3) is 2.50. The minimum absolute atomic E-state index is 0.461. The average molecular weight is 272 g/mol.